The summed E-state index contributed by atoms with van der Waals surface area (Å²) in [6.45, 7) is -0.986. The lowest BCUT2D eigenvalue weighted by Gasteiger charge is -2.52. The number of methoxy groups -OCH3 is 1. The Labute approximate surface area is 205 Å². The molecule has 0 bridgehead atoms. The number of ketones is 1. The van der Waals surface area contributed by atoms with Crippen LogP contribution in [0.4, 0.5) is 0 Å². The highest BCUT2D eigenvalue weighted by Crippen LogP contribution is 2.55. The fraction of sp³-hybridized carbons (Fsp3) is 0.632. The van der Waals surface area contributed by atoms with Crippen molar-refractivity contribution in [1.82, 2.24) is 4.90 Å². The summed E-state index contributed by atoms with van der Waals surface area (Å²) in [7, 11) is 0.979. The molecular formula is C19H27NO17. The number of fused-ring (bicyclic) bond motifs is 3. The van der Waals surface area contributed by atoms with E-state index in [0.717, 1.165) is 7.11 Å². The van der Waals surface area contributed by atoms with Gasteiger partial charge in [0.2, 0.25) is 17.3 Å². The first-order valence-corrected chi connectivity index (χ1v) is 10.4. The molecule has 210 valence electrons. The maximum absolute atomic E-state index is 13.0. The number of aromatic hydroxyl groups is 2. The number of piperidine rings is 1. The Hall–Kier alpha value is -2.43. The van der Waals surface area contributed by atoms with Crippen molar-refractivity contribution in [2.24, 2.45) is 5.92 Å². The molecule has 1 fully saturated rings. The molecule has 1 aromatic rings. The van der Waals surface area contributed by atoms with Gasteiger partial charge in [0.25, 0.3) is 5.60 Å². The number of carbonyl (C=O) groups is 1. The van der Waals surface area contributed by atoms with Crippen molar-refractivity contribution >= 4 is 5.78 Å². The standard InChI is InChI=1S/C19H27NO17/c1-36-13-12(23)10-6(11(22)14(13)37-19(33,34)35)2-3-20-5-7(9(21)4-8(10)20)15(24,25)16(26,17(27,28)29)18(30,31)32/h7-8,22-35H,2-5H2,1H3. The molecule has 0 aromatic heterocycles. The topological polar surface area (TPSA) is 322 Å². The van der Waals surface area contributed by atoms with Gasteiger partial charge >= 0.3 is 18.1 Å². The number of phenols is 2. The summed E-state index contributed by atoms with van der Waals surface area (Å²) in [6, 6.07) is -1.17. The van der Waals surface area contributed by atoms with E-state index in [4.69, 9.17) is 20.1 Å². The van der Waals surface area contributed by atoms with Crippen LogP contribution in [0.1, 0.15) is 23.6 Å². The first-order chi connectivity index (χ1) is 16.6. The molecule has 14 N–H and O–H groups in total. The molecule has 18 nitrogen and oxygen atoms in total. The molecule has 3 rings (SSSR count). The number of Topliss-reactive ketones (excluding diaryl/α,β-unsaturated/α-hetero) is 1. The van der Waals surface area contributed by atoms with Gasteiger partial charge in [-0.25, -0.2) is 0 Å². The smallest absolute Gasteiger partial charge is 0.453 e. The van der Waals surface area contributed by atoms with Crippen LogP contribution in [0.25, 0.3) is 0 Å². The Balaban J connectivity index is 2.08. The predicted molar refractivity (Wildman–Crippen MR) is 108 cm³/mol. The summed E-state index contributed by atoms with van der Waals surface area (Å²) >= 11 is 0. The van der Waals surface area contributed by atoms with Crippen LogP contribution in [0.15, 0.2) is 0 Å². The van der Waals surface area contributed by atoms with E-state index in [0.29, 0.717) is 0 Å². The highest BCUT2D eigenvalue weighted by Gasteiger charge is 2.76. The van der Waals surface area contributed by atoms with Gasteiger partial charge in [-0.05, 0) is 6.42 Å². The van der Waals surface area contributed by atoms with E-state index in [1.54, 1.807) is 0 Å². The van der Waals surface area contributed by atoms with Crippen molar-refractivity contribution in [1.29, 1.82) is 0 Å². The lowest BCUT2D eigenvalue weighted by molar-refractivity contribution is -0.545. The van der Waals surface area contributed by atoms with E-state index in [1.807, 2.05) is 0 Å². The molecule has 2 atom stereocenters. The molecule has 0 saturated carbocycles. The van der Waals surface area contributed by atoms with E-state index < -0.39 is 83.2 Å². The monoisotopic (exact) mass is 541 g/mol. The number of benzene rings is 1. The molecule has 0 amide bonds. The molecule has 1 aromatic carbocycles. The van der Waals surface area contributed by atoms with Crippen LogP contribution in [-0.2, 0) is 11.2 Å². The van der Waals surface area contributed by atoms with Crippen molar-refractivity contribution < 1.29 is 85.8 Å². The molecule has 0 spiro atoms. The van der Waals surface area contributed by atoms with E-state index in [9.17, 15) is 61.0 Å². The van der Waals surface area contributed by atoms with E-state index >= 15 is 0 Å². The van der Waals surface area contributed by atoms with Gasteiger partial charge in [-0.1, -0.05) is 0 Å². The third kappa shape index (κ3) is 4.46. The predicted octanol–water partition coefficient (Wildman–Crippen LogP) is -6.76. The zero-order valence-electron chi connectivity index (χ0n) is 18.9. The number of hydrogen-bond donors (Lipinski definition) is 14. The van der Waals surface area contributed by atoms with Gasteiger partial charge in [0, 0.05) is 36.7 Å². The average molecular weight is 541 g/mol. The molecule has 18 heteroatoms. The van der Waals surface area contributed by atoms with Crippen molar-refractivity contribution in [3.8, 4) is 23.0 Å². The lowest BCUT2D eigenvalue weighted by Crippen LogP contribution is -2.81. The number of ether oxygens (including phenoxy) is 2. The van der Waals surface area contributed by atoms with Gasteiger partial charge in [0.1, 0.15) is 5.78 Å². The summed E-state index contributed by atoms with van der Waals surface area (Å²) in [4.78, 5) is 14.2. The Morgan fingerprint density at radius 1 is 0.838 bits per heavy atom. The van der Waals surface area contributed by atoms with E-state index in [1.165, 1.54) is 4.90 Å². The number of rotatable bonds is 7. The number of phenolic OH excluding ortho intramolecular Hbond substituents is 2. The Kier molecular flexibility index (Phi) is 6.94. The van der Waals surface area contributed by atoms with Crippen molar-refractivity contribution in [3.63, 3.8) is 0 Å². The zero-order valence-corrected chi connectivity index (χ0v) is 18.9. The first kappa shape index (κ1) is 29.1. The van der Waals surface area contributed by atoms with Crippen LogP contribution in [0.5, 0.6) is 23.0 Å². The quantitative estimate of drug-likeness (QED) is 0.113. The molecular weight excluding hydrogens is 514 g/mol. The fourth-order valence-corrected chi connectivity index (χ4v) is 4.81. The van der Waals surface area contributed by atoms with Crippen molar-refractivity contribution in [3.05, 3.63) is 11.1 Å². The van der Waals surface area contributed by atoms with Gasteiger partial charge < -0.3 is 81.0 Å². The molecule has 37 heavy (non-hydrogen) atoms. The minimum Gasteiger partial charge on any atom is -0.504 e. The third-order valence-corrected chi connectivity index (χ3v) is 6.56. The maximum atomic E-state index is 13.0. The minimum absolute atomic E-state index is 0.0963. The van der Waals surface area contributed by atoms with E-state index in [-0.39, 0.29) is 24.1 Å². The van der Waals surface area contributed by atoms with Crippen LogP contribution in [0.3, 0.4) is 0 Å². The van der Waals surface area contributed by atoms with E-state index in [2.05, 4.69) is 4.74 Å². The molecule has 1 saturated heterocycles. The minimum atomic E-state index is -4.78. The largest absolute Gasteiger partial charge is 0.504 e. The summed E-state index contributed by atoms with van der Waals surface area (Å²) in [5, 5.41) is 137. The van der Waals surface area contributed by atoms with Gasteiger partial charge in [0.15, 0.2) is 11.5 Å². The SMILES string of the molecule is COc1c(O)c2c(c(O)c1OC(O)(O)O)CCN1CC(C(O)(O)C(O)(C(O)(O)O)C(O)(O)O)C(=O)CC21. The molecule has 2 unspecified atom stereocenters. The Morgan fingerprint density at radius 2 is 1.38 bits per heavy atom. The third-order valence-electron chi connectivity index (χ3n) is 6.56. The lowest BCUT2D eigenvalue weighted by atomic mass is 9.72. The second-order valence-corrected chi connectivity index (χ2v) is 8.82. The van der Waals surface area contributed by atoms with Crippen LogP contribution in [0, 0.1) is 5.92 Å². The molecule has 2 heterocycles. The summed E-state index contributed by atoms with van der Waals surface area (Å²) in [5.41, 5.74) is -5.03. The Bertz CT molecular complexity index is 1050. The first-order valence-electron chi connectivity index (χ1n) is 10.4. The second-order valence-electron chi connectivity index (χ2n) is 8.82. The van der Waals surface area contributed by atoms with Crippen molar-refractivity contribution in [2.75, 3.05) is 20.2 Å². The second kappa shape index (κ2) is 8.81. The molecule has 0 radical (unpaired) electrons. The summed E-state index contributed by atoms with van der Waals surface area (Å²) in [6.07, 6.45) is -4.77. The molecule has 2 aliphatic heterocycles. The average Bonchev–Trinajstić information content (AvgIpc) is 2.73. The summed E-state index contributed by atoms with van der Waals surface area (Å²) in [5.74, 6) is -20.6. The number of aliphatic hydroxyl groups is 12. The highest BCUT2D eigenvalue weighted by atomic mass is 16.9. The summed E-state index contributed by atoms with van der Waals surface area (Å²) < 4.78 is 9.36. The van der Waals surface area contributed by atoms with Crippen molar-refractivity contribution in [2.45, 2.75) is 48.4 Å². The van der Waals surface area contributed by atoms with Gasteiger partial charge in [-0.3, -0.25) is 9.69 Å². The zero-order chi connectivity index (χ0) is 28.5. The van der Waals surface area contributed by atoms with Crippen LogP contribution >= 0.6 is 0 Å². The number of nitrogens with zero attached hydrogens (tertiary/aromatic N) is 1. The Morgan fingerprint density at radius 3 is 1.84 bits per heavy atom. The molecule has 2 aliphatic rings. The van der Waals surface area contributed by atoms with Gasteiger partial charge in [-0.15, -0.1) is 0 Å². The normalized spacial score (nSPS) is 21.9. The van der Waals surface area contributed by atoms with Gasteiger partial charge in [0.05, 0.1) is 13.0 Å². The molecule has 0 aliphatic carbocycles. The fourth-order valence-electron chi connectivity index (χ4n) is 4.81. The highest BCUT2D eigenvalue weighted by molar-refractivity contribution is 5.85. The van der Waals surface area contributed by atoms with Gasteiger partial charge in [-0.2, -0.15) is 0 Å². The maximum Gasteiger partial charge on any atom is 0.453 e. The number of hydrogen-bond acceptors (Lipinski definition) is 18. The van der Waals surface area contributed by atoms with Crippen LogP contribution in [-0.4, -0.2) is 132 Å². The van der Waals surface area contributed by atoms with Crippen LogP contribution in [0.2, 0.25) is 0 Å². The van der Waals surface area contributed by atoms with Crippen LogP contribution < -0.4 is 9.47 Å². The number of carbonyl (C=O) groups excluding carboxylic acids is 1.